The molecule has 1 fully saturated rings. The summed E-state index contributed by atoms with van der Waals surface area (Å²) < 4.78 is 4.91. The van der Waals surface area contributed by atoms with E-state index in [2.05, 4.69) is 25.4 Å². The Bertz CT molecular complexity index is 990. The van der Waals surface area contributed by atoms with Gasteiger partial charge in [0.25, 0.3) is 6.04 Å². The van der Waals surface area contributed by atoms with Crippen molar-refractivity contribution in [1.82, 2.24) is 20.5 Å². The van der Waals surface area contributed by atoms with E-state index in [0.29, 0.717) is 17.0 Å². The third-order valence-electron chi connectivity index (χ3n) is 5.16. The lowest BCUT2D eigenvalue weighted by Crippen LogP contribution is -2.37. The maximum absolute atomic E-state index is 7.82. The highest BCUT2D eigenvalue weighted by molar-refractivity contribution is 5.99. The Hall–Kier alpha value is -3.01. The molecule has 1 aromatic carbocycles. The second-order valence-corrected chi connectivity index (χ2v) is 6.37. The van der Waals surface area contributed by atoms with Crippen LogP contribution in [0.3, 0.4) is 0 Å². The van der Waals surface area contributed by atoms with E-state index in [9.17, 15) is 0 Å². The molecule has 0 bridgehead atoms. The van der Waals surface area contributed by atoms with Crippen molar-refractivity contribution in [2.75, 3.05) is 0 Å². The molecule has 1 saturated carbocycles. The summed E-state index contributed by atoms with van der Waals surface area (Å²) in [6, 6.07) is 5.46. The Morgan fingerprint density at radius 3 is 2.92 bits per heavy atom. The summed E-state index contributed by atoms with van der Waals surface area (Å²) in [6.07, 6.45) is 5.19. The molecule has 0 amide bonds. The molecule has 3 aromatic rings. The Labute approximate surface area is 137 Å². The number of hydrogen-bond acceptors (Lipinski definition) is 5. The number of benzene rings is 1. The van der Waals surface area contributed by atoms with Crippen LogP contribution in [0.5, 0.6) is 0 Å². The first-order valence-corrected chi connectivity index (χ1v) is 8.06. The van der Waals surface area contributed by atoms with Crippen molar-refractivity contribution in [3.8, 4) is 0 Å². The lowest BCUT2D eigenvalue weighted by atomic mass is 9.72. The molecule has 2 unspecified atom stereocenters. The van der Waals surface area contributed by atoms with Crippen molar-refractivity contribution in [3.63, 3.8) is 0 Å². The van der Waals surface area contributed by atoms with Gasteiger partial charge in [0.2, 0.25) is 0 Å². The summed E-state index contributed by atoms with van der Waals surface area (Å²) in [5.41, 5.74) is 4.28. The third-order valence-corrected chi connectivity index (χ3v) is 5.16. The second-order valence-electron chi connectivity index (χ2n) is 6.37. The molecule has 24 heavy (non-hydrogen) atoms. The van der Waals surface area contributed by atoms with Crippen LogP contribution in [0.25, 0.3) is 15.9 Å². The van der Waals surface area contributed by atoms with Gasteiger partial charge in [-0.25, -0.2) is 16.2 Å². The zero-order valence-electron chi connectivity index (χ0n) is 12.8. The smallest absolute Gasteiger partial charge is 0.272 e. The molecule has 2 atom stereocenters. The Morgan fingerprint density at radius 1 is 1.21 bits per heavy atom. The molecule has 118 valence electrons. The number of aromatic amines is 1. The molecule has 5 rings (SSSR count). The predicted molar refractivity (Wildman–Crippen MR) is 87.1 cm³/mol. The molecular weight excluding hydrogens is 304 g/mol. The van der Waals surface area contributed by atoms with Gasteiger partial charge in [0.05, 0.1) is 12.1 Å². The Balaban J connectivity index is 1.73. The number of rotatable bonds is 2. The quantitative estimate of drug-likeness (QED) is 0.735. The molecule has 0 saturated heterocycles. The fourth-order valence-electron chi connectivity index (χ4n) is 3.73. The van der Waals surface area contributed by atoms with Crippen LogP contribution in [-0.4, -0.2) is 32.3 Å². The molecule has 1 N–H and O–H groups in total. The molecule has 7 heteroatoms. The number of nitrogens with zero attached hydrogens (tertiary/aromatic N) is 5. The molecule has 0 radical (unpaired) electrons. The Morgan fingerprint density at radius 2 is 2.12 bits per heavy atom. The van der Waals surface area contributed by atoms with Gasteiger partial charge in [0, 0.05) is 11.5 Å². The van der Waals surface area contributed by atoms with E-state index in [-0.39, 0.29) is 12.0 Å². The monoisotopic (exact) mass is 318 g/mol. The molecule has 3 heterocycles. The van der Waals surface area contributed by atoms with Gasteiger partial charge < -0.3 is 4.85 Å². The molecule has 1 aliphatic carbocycles. The van der Waals surface area contributed by atoms with Gasteiger partial charge in [-0.15, -0.1) is 0 Å². The Kier molecular flexibility index (Phi) is 2.80. The maximum Gasteiger partial charge on any atom is 0.272 e. The number of fused-ring (bicyclic) bond motifs is 2. The summed E-state index contributed by atoms with van der Waals surface area (Å²) in [5.74, 6) is 1.01. The van der Waals surface area contributed by atoms with Crippen molar-refractivity contribution in [2.45, 2.75) is 31.2 Å². The molecule has 1 aliphatic heterocycles. The second kappa shape index (κ2) is 4.99. The van der Waals surface area contributed by atoms with Gasteiger partial charge >= 0.3 is 0 Å². The van der Waals surface area contributed by atoms with Crippen molar-refractivity contribution >= 4 is 22.6 Å². The van der Waals surface area contributed by atoms with Crippen molar-refractivity contribution in [2.24, 2.45) is 10.9 Å². The normalized spacial score (nSPS) is 23.4. The van der Waals surface area contributed by atoms with Gasteiger partial charge in [-0.05, 0) is 34.8 Å². The van der Waals surface area contributed by atoms with Crippen LogP contribution in [0.2, 0.25) is 0 Å². The summed E-state index contributed by atoms with van der Waals surface area (Å²) in [7, 11) is 0. The van der Waals surface area contributed by atoms with Crippen LogP contribution in [-0.2, 0) is 0 Å². The largest absolute Gasteiger partial charge is 0.306 e. The molecule has 2 aromatic heterocycles. The van der Waals surface area contributed by atoms with E-state index in [0.717, 1.165) is 35.5 Å². The number of nitrogens with one attached hydrogen (secondary N) is 1. The minimum Gasteiger partial charge on any atom is -0.306 e. The van der Waals surface area contributed by atoms with E-state index in [1.807, 2.05) is 18.2 Å². The lowest BCUT2D eigenvalue weighted by molar-refractivity contribution is 0.315. The SMILES string of the molecule is [C-]#[N+]C1C(C2CCC2)=Nc2[nH]ncc2C1c1cccc2nonc12. The van der Waals surface area contributed by atoms with Crippen LogP contribution in [0.1, 0.15) is 36.3 Å². The van der Waals surface area contributed by atoms with Crippen LogP contribution in [0, 0.1) is 12.5 Å². The minimum absolute atomic E-state index is 0.153. The number of H-pyrrole nitrogens is 1. The summed E-state index contributed by atoms with van der Waals surface area (Å²) >= 11 is 0. The van der Waals surface area contributed by atoms with Crippen molar-refractivity contribution in [3.05, 3.63) is 46.9 Å². The lowest BCUT2D eigenvalue weighted by Gasteiger charge is -2.32. The highest BCUT2D eigenvalue weighted by Gasteiger charge is 2.45. The number of aliphatic imine (C=N–C) groups is 1. The highest BCUT2D eigenvalue weighted by atomic mass is 16.6. The minimum atomic E-state index is -0.331. The van der Waals surface area contributed by atoms with Crippen LogP contribution < -0.4 is 0 Å². The van der Waals surface area contributed by atoms with Gasteiger partial charge in [-0.3, -0.25) is 5.10 Å². The fourth-order valence-corrected chi connectivity index (χ4v) is 3.73. The van der Waals surface area contributed by atoms with Gasteiger partial charge in [-0.1, -0.05) is 18.6 Å². The number of aromatic nitrogens is 4. The molecular formula is C17H14N6O. The first-order valence-electron chi connectivity index (χ1n) is 8.06. The molecule has 2 aliphatic rings. The summed E-state index contributed by atoms with van der Waals surface area (Å²) in [6.45, 7) is 7.82. The zero-order chi connectivity index (χ0) is 16.1. The predicted octanol–water partition coefficient (Wildman–Crippen LogP) is 3.25. The summed E-state index contributed by atoms with van der Waals surface area (Å²) in [4.78, 5) is 8.71. The van der Waals surface area contributed by atoms with E-state index in [1.54, 1.807) is 6.20 Å². The van der Waals surface area contributed by atoms with Crippen LogP contribution in [0.15, 0.2) is 34.0 Å². The van der Waals surface area contributed by atoms with E-state index in [1.165, 1.54) is 6.42 Å². The van der Waals surface area contributed by atoms with Gasteiger partial charge in [0.15, 0.2) is 5.82 Å². The van der Waals surface area contributed by atoms with Crippen LogP contribution in [0.4, 0.5) is 5.82 Å². The molecule has 7 nitrogen and oxygen atoms in total. The first kappa shape index (κ1) is 13.4. The highest BCUT2D eigenvalue weighted by Crippen LogP contribution is 2.44. The van der Waals surface area contributed by atoms with Crippen LogP contribution >= 0.6 is 0 Å². The average Bonchev–Trinajstić information content (AvgIpc) is 3.20. The van der Waals surface area contributed by atoms with Crippen molar-refractivity contribution < 1.29 is 4.63 Å². The van der Waals surface area contributed by atoms with E-state index in [4.69, 9.17) is 16.2 Å². The van der Waals surface area contributed by atoms with Gasteiger partial charge in [0.1, 0.15) is 16.7 Å². The fraction of sp³-hybridized carbons (Fsp3) is 0.353. The van der Waals surface area contributed by atoms with E-state index < -0.39 is 0 Å². The van der Waals surface area contributed by atoms with Gasteiger partial charge in [-0.2, -0.15) is 5.10 Å². The summed E-state index contributed by atoms with van der Waals surface area (Å²) in [5, 5.41) is 15.1. The first-order chi connectivity index (χ1) is 11.9. The number of hydrogen-bond donors (Lipinski definition) is 1. The third kappa shape index (κ3) is 1.77. The van der Waals surface area contributed by atoms with E-state index >= 15 is 0 Å². The topological polar surface area (TPSA) is 84.3 Å². The van der Waals surface area contributed by atoms with Crippen molar-refractivity contribution in [1.29, 1.82) is 0 Å². The average molecular weight is 318 g/mol. The standard InChI is InChI=1S/C17H14N6O/c1-18-16-13(10-6-3-7-12-15(10)23-24-22-12)11-8-19-21-17(11)20-14(16)9-4-2-5-9/h3,6-9,13,16H,2,4-5H2,(H,19,21). The maximum atomic E-state index is 7.82. The zero-order valence-corrected chi connectivity index (χ0v) is 12.8. The molecule has 0 spiro atoms.